The van der Waals surface area contributed by atoms with Gasteiger partial charge in [-0.05, 0) is 64.2 Å². The number of phosphoric ester groups is 1. The number of hydrogen-bond acceptors (Lipinski definition) is 7. The van der Waals surface area contributed by atoms with Crippen LogP contribution >= 0.6 is 7.82 Å². The highest BCUT2D eigenvalue weighted by Gasteiger charge is 2.24. The summed E-state index contributed by atoms with van der Waals surface area (Å²) in [5.41, 5.74) is 0. The van der Waals surface area contributed by atoms with Gasteiger partial charge in [0, 0.05) is 20.0 Å². The van der Waals surface area contributed by atoms with Gasteiger partial charge in [-0.1, -0.05) is 141 Å². The Morgan fingerprint density at radius 1 is 0.551 bits per heavy atom. The van der Waals surface area contributed by atoms with Crippen molar-refractivity contribution in [3.8, 4) is 0 Å². The number of unbranched alkanes of at least 4 members (excludes halogenated alkanes) is 22. The zero-order valence-corrected chi connectivity index (χ0v) is 32.7. The van der Waals surface area contributed by atoms with Crippen LogP contribution < -0.4 is 0 Å². The summed E-state index contributed by atoms with van der Waals surface area (Å²) in [6.07, 6.45) is 39.4. The molecule has 0 heterocycles. The maximum absolute atomic E-state index is 12.5. The third-order valence-electron chi connectivity index (χ3n) is 8.67. The summed E-state index contributed by atoms with van der Waals surface area (Å²) in [5.74, 6) is -0.820. The fourth-order valence-electron chi connectivity index (χ4n) is 5.53. The summed E-state index contributed by atoms with van der Waals surface area (Å²) in [4.78, 5) is 34.4. The molecule has 2 atom stereocenters. The zero-order chi connectivity index (χ0) is 36.1. The Morgan fingerprint density at radius 3 is 1.33 bits per heavy atom. The summed E-state index contributed by atoms with van der Waals surface area (Å²) in [5, 5.41) is 0. The molecule has 8 nitrogen and oxygen atoms in total. The lowest BCUT2D eigenvalue weighted by molar-refractivity contribution is -0.161. The van der Waals surface area contributed by atoms with Crippen molar-refractivity contribution in [3.63, 3.8) is 0 Å². The Morgan fingerprint density at radius 2 is 0.918 bits per heavy atom. The number of carbonyl (C=O) groups excluding carboxylic acids is 2. The minimum Gasteiger partial charge on any atom is -0.462 e. The van der Waals surface area contributed by atoms with Crippen LogP contribution in [0.3, 0.4) is 0 Å². The fraction of sp³-hybridized carbons (Fsp3) is 0.850. The molecular formula is C40H75O8P. The van der Waals surface area contributed by atoms with Crippen molar-refractivity contribution < 1.29 is 37.6 Å². The van der Waals surface area contributed by atoms with Gasteiger partial charge in [0.2, 0.25) is 0 Å². The smallest absolute Gasteiger partial charge is 0.462 e. The molecule has 9 heteroatoms. The molecule has 0 saturated carbocycles. The Bertz CT molecular complexity index is 859. The van der Waals surface area contributed by atoms with Gasteiger partial charge in [-0.3, -0.25) is 18.6 Å². The van der Waals surface area contributed by atoms with E-state index in [1.54, 1.807) is 0 Å². The summed E-state index contributed by atoms with van der Waals surface area (Å²) < 4.78 is 31.9. The van der Waals surface area contributed by atoms with Crippen LogP contribution in [0.15, 0.2) is 24.3 Å². The van der Waals surface area contributed by atoms with Crippen LogP contribution in [0.5, 0.6) is 0 Å². The Balaban J connectivity index is 4.05. The van der Waals surface area contributed by atoms with Gasteiger partial charge in [-0.25, -0.2) is 4.57 Å². The van der Waals surface area contributed by atoms with Crippen LogP contribution in [0.1, 0.15) is 194 Å². The number of ether oxygens (including phenoxy) is 2. The summed E-state index contributed by atoms with van der Waals surface area (Å²) in [7, 11) is -3.20. The first-order chi connectivity index (χ1) is 23.8. The molecule has 1 unspecified atom stereocenters. The Labute approximate surface area is 301 Å². The normalized spacial score (nSPS) is 13.6. The quantitative estimate of drug-likeness (QED) is 0.0293. The van der Waals surface area contributed by atoms with E-state index in [4.69, 9.17) is 14.0 Å². The van der Waals surface area contributed by atoms with Gasteiger partial charge >= 0.3 is 19.8 Å². The van der Waals surface area contributed by atoms with Crippen LogP contribution in [0.25, 0.3) is 0 Å². The molecular weight excluding hydrogens is 639 g/mol. The van der Waals surface area contributed by atoms with Crippen molar-refractivity contribution >= 4 is 19.8 Å². The number of esters is 2. The van der Waals surface area contributed by atoms with E-state index in [1.807, 2.05) is 0 Å². The van der Waals surface area contributed by atoms with Crippen molar-refractivity contribution in [2.45, 2.75) is 200 Å². The summed E-state index contributed by atoms with van der Waals surface area (Å²) >= 11 is 0. The van der Waals surface area contributed by atoms with Gasteiger partial charge in [0.05, 0.1) is 6.61 Å². The van der Waals surface area contributed by atoms with Crippen molar-refractivity contribution in [2.75, 3.05) is 20.3 Å². The molecule has 0 radical (unpaired) electrons. The molecule has 0 spiro atoms. The zero-order valence-electron chi connectivity index (χ0n) is 31.9. The van der Waals surface area contributed by atoms with Crippen molar-refractivity contribution in [1.82, 2.24) is 0 Å². The van der Waals surface area contributed by atoms with Gasteiger partial charge in [-0.15, -0.1) is 0 Å². The van der Waals surface area contributed by atoms with Crippen LogP contribution in [0, 0.1) is 0 Å². The first-order valence-corrected chi connectivity index (χ1v) is 21.5. The first kappa shape index (κ1) is 47.5. The van der Waals surface area contributed by atoms with Crippen LogP contribution in [-0.2, 0) is 32.7 Å². The number of phosphoric acid groups is 1. The van der Waals surface area contributed by atoms with E-state index in [-0.39, 0.29) is 25.4 Å². The Kier molecular flexibility index (Phi) is 35.2. The standard InChI is InChI=1S/C40H75O8P/c1-4-6-8-10-12-14-16-18-20-22-24-26-28-30-32-34-39(41)46-36-38(37-47-49(43,44)45-3)48-40(42)35-33-31-29-27-25-23-21-19-17-15-13-11-9-7-5-2/h18-21,38H,4-17,22-37H2,1-3H3,(H,43,44)/b20-18-,21-19-/t38-/m1/s1. The topological polar surface area (TPSA) is 108 Å². The summed E-state index contributed by atoms with van der Waals surface area (Å²) in [6, 6.07) is 0. The molecule has 0 aromatic rings. The molecule has 0 fully saturated rings. The third-order valence-corrected chi connectivity index (χ3v) is 9.60. The van der Waals surface area contributed by atoms with Crippen LogP contribution in [0.4, 0.5) is 0 Å². The molecule has 0 aromatic heterocycles. The molecule has 0 saturated heterocycles. The second-order valence-corrected chi connectivity index (χ2v) is 15.0. The van der Waals surface area contributed by atoms with Crippen molar-refractivity contribution in [3.05, 3.63) is 24.3 Å². The second-order valence-electron chi connectivity index (χ2n) is 13.4. The highest BCUT2D eigenvalue weighted by Crippen LogP contribution is 2.42. The number of hydrogen-bond donors (Lipinski definition) is 1. The molecule has 49 heavy (non-hydrogen) atoms. The van der Waals surface area contributed by atoms with E-state index in [1.165, 1.54) is 89.9 Å². The van der Waals surface area contributed by atoms with Crippen LogP contribution in [-0.4, -0.2) is 43.3 Å². The van der Waals surface area contributed by atoms with Gasteiger partial charge < -0.3 is 14.4 Å². The van der Waals surface area contributed by atoms with Gasteiger partial charge in [0.25, 0.3) is 0 Å². The molecule has 0 bridgehead atoms. The van der Waals surface area contributed by atoms with E-state index < -0.39 is 26.5 Å². The minimum atomic E-state index is -4.26. The molecule has 0 aliphatic heterocycles. The number of carbonyl (C=O) groups is 2. The van der Waals surface area contributed by atoms with Crippen LogP contribution in [0.2, 0.25) is 0 Å². The number of allylic oxidation sites excluding steroid dienone is 4. The lowest BCUT2D eigenvalue weighted by Crippen LogP contribution is -2.29. The molecule has 288 valence electrons. The van der Waals surface area contributed by atoms with E-state index >= 15 is 0 Å². The van der Waals surface area contributed by atoms with Gasteiger partial charge in [0.1, 0.15) is 6.61 Å². The van der Waals surface area contributed by atoms with Gasteiger partial charge in [0.15, 0.2) is 6.10 Å². The van der Waals surface area contributed by atoms with E-state index in [0.29, 0.717) is 6.42 Å². The average Bonchev–Trinajstić information content (AvgIpc) is 3.09. The monoisotopic (exact) mass is 715 g/mol. The maximum atomic E-state index is 12.5. The van der Waals surface area contributed by atoms with E-state index in [2.05, 4.69) is 42.7 Å². The SMILES string of the molecule is CCCCCCCC/C=C\CCCCCCCC(=O)OC[C@H](COP(=O)(O)OC)OC(=O)CCCCCCC/C=C\CCCCCCCC. The average molecular weight is 715 g/mol. The third kappa shape index (κ3) is 36.1. The molecule has 0 rings (SSSR count). The highest BCUT2D eigenvalue weighted by molar-refractivity contribution is 7.47. The van der Waals surface area contributed by atoms with E-state index in [0.717, 1.165) is 77.7 Å². The largest absolute Gasteiger partial charge is 0.472 e. The molecule has 0 aliphatic rings. The van der Waals surface area contributed by atoms with Gasteiger partial charge in [-0.2, -0.15) is 0 Å². The molecule has 1 N–H and O–H groups in total. The predicted molar refractivity (Wildman–Crippen MR) is 203 cm³/mol. The van der Waals surface area contributed by atoms with Crippen molar-refractivity contribution in [1.29, 1.82) is 0 Å². The highest BCUT2D eigenvalue weighted by atomic mass is 31.2. The van der Waals surface area contributed by atoms with Crippen molar-refractivity contribution in [2.24, 2.45) is 0 Å². The summed E-state index contributed by atoms with van der Waals surface area (Å²) in [6.45, 7) is 3.86. The lowest BCUT2D eigenvalue weighted by atomic mass is 10.1. The molecule has 0 aromatic carbocycles. The maximum Gasteiger partial charge on any atom is 0.472 e. The van der Waals surface area contributed by atoms with E-state index in [9.17, 15) is 19.0 Å². The fourth-order valence-corrected chi connectivity index (χ4v) is 5.99. The number of rotatable bonds is 37. The molecule has 0 aliphatic carbocycles. The Hall–Kier alpha value is -1.47. The minimum absolute atomic E-state index is 0.230. The lowest BCUT2D eigenvalue weighted by Gasteiger charge is -2.19. The first-order valence-electron chi connectivity index (χ1n) is 20.0. The second kappa shape index (κ2) is 36.3. The molecule has 0 amide bonds. The predicted octanol–water partition coefficient (Wildman–Crippen LogP) is 12.3.